The van der Waals surface area contributed by atoms with E-state index in [0.717, 1.165) is 26.3 Å². The molecule has 0 saturated carbocycles. The molecule has 0 spiro atoms. The molecule has 3 heterocycles. The van der Waals surface area contributed by atoms with Crippen molar-refractivity contribution in [3.05, 3.63) is 17.5 Å². The lowest BCUT2D eigenvalue weighted by Gasteiger charge is -2.31. The molecule has 10 heteroatoms. The van der Waals surface area contributed by atoms with Gasteiger partial charge in [0.05, 0.1) is 32.5 Å². The van der Waals surface area contributed by atoms with E-state index in [1.54, 1.807) is 11.0 Å². The van der Waals surface area contributed by atoms with Crippen molar-refractivity contribution in [2.24, 2.45) is 5.73 Å². The highest BCUT2D eigenvalue weighted by Crippen LogP contribution is 2.13. The van der Waals surface area contributed by atoms with Gasteiger partial charge in [0.15, 0.2) is 11.5 Å². The molecule has 1 amide bonds. The molecule has 3 rings (SSSR count). The molecule has 8 nitrogen and oxygen atoms in total. The van der Waals surface area contributed by atoms with Crippen molar-refractivity contribution in [1.29, 1.82) is 0 Å². The molecule has 2 N–H and O–H groups in total. The number of rotatable bonds is 4. The molecule has 2 saturated heterocycles. The van der Waals surface area contributed by atoms with Crippen molar-refractivity contribution in [1.82, 2.24) is 15.0 Å². The first-order chi connectivity index (χ1) is 10.8. The number of ether oxygens (including phenoxy) is 2. The maximum Gasteiger partial charge on any atom is 0.276 e. The Morgan fingerprint density at radius 3 is 2.71 bits per heavy atom. The number of aromatic nitrogens is 1. The molecule has 2 aliphatic heterocycles. The highest BCUT2D eigenvalue weighted by Gasteiger charge is 2.26. The Morgan fingerprint density at radius 1 is 1.25 bits per heavy atom. The lowest BCUT2D eigenvalue weighted by molar-refractivity contribution is -0.0170. The van der Waals surface area contributed by atoms with Gasteiger partial charge in [-0.05, 0) is 0 Å². The van der Waals surface area contributed by atoms with Gasteiger partial charge in [-0.15, -0.1) is 24.8 Å². The number of carbonyl (C=O) groups is 1. The van der Waals surface area contributed by atoms with Gasteiger partial charge in [0, 0.05) is 38.8 Å². The summed E-state index contributed by atoms with van der Waals surface area (Å²) < 4.78 is 16.1. The highest BCUT2D eigenvalue weighted by molar-refractivity contribution is 5.92. The van der Waals surface area contributed by atoms with E-state index >= 15 is 0 Å². The average molecular weight is 383 g/mol. The van der Waals surface area contributed by atoms with E-state index in [0.29, 0.717) is 44.2 Å². The third-order valence-electron chi connectivity index (χ3n) is 3.95. The molecular formula is C14H24Cl2N4O4. The third-order valence-corrected chi connectivity index (χ3v) is 3.95. The summed E-state index contributed by atoms with van der Waals surface area (Å²) in [6, 6.07) is 1.73. The van der Waals surface area contributed by atoms with Crippen molar-refractivity contribution in [2.75, 3.05) is 52.5 Å². The number of nitrogens with zero attached hydrogens (tertiary/aromatic N) is 3. The van der Waals surface area contributed by atoms with Crippen LogP contribution < -0.4 is 5.73 Å². The Kier molecular flexibility index (Phi) is 8.96. The zero-order valence-electron chi connectivity index (χ0n) is 13.4. The molecule has 2 fully saturated rings. The molecule has 0 radical (unpaired) electrons. The second-order valence-electron chi connectivity index (χ2n) is 5.55. The standard InChI is InChI=1S/C14H22N4O4.2ClH/c15-8-12-10-18(3-6-21-12)14(19)13-7-11(22-16-13)9-17-1-4-20-5-2-17;;/h7,12H,1-6,8-10,15H2;2*1H. The number of nitrogens with two attached hydrogens (primary N) is 1. The van der Waals surface area contributed by atoms with Crippen molar-refractivity contribution in [3.8, 4) is 0 Å². The molecule has 2 aliphatic rings. The first-order valence-corrected chi connectivity index (χ1v) is 7.63. The van der Waals surface area contributed by atoms with E-state index in [1.165, 1.54) is 0 Å². The third kappa shape index (κ3) is 5.30. The van der Waals surface area contributed by atoms with Crippen molar-refractivity contribution in [3.63, 3.8) is 0 Å². The largest absolute Gasteiger partial charge is 0.379 e. The van der Waals surface area contributed by atoms with E-state index in [2.05, 4.69) is 10.1 Å². The van der Waals surface area contributed by atoms with Crippen LogP contribution in [-0.4, -0.2) is 79.5 Å². The quantitative estimate of drug-likeness (QED) is 0.791. The topological polar surface area (TPSA) is 94.1 Å². The van der Waals surface area contributed by atoms with E-state index in [-0.39, 0.29) is 36.8 Å². The summed E-state index contributed by atoms with van der Waals surface area (Å²) in [7, 11) is 0. The maximum absolute atomic E-state index is 12.4. The first kappa shape index (κ1) is 21.1. The minimum Gasteiger partial charge on any atom is -0.379 e. The molecular weight excluding hydrogens is 359 g/mol. The Bertz CT molecular complexity index is 511. The van der Waals surface area contributed by atoms with Crippen LogP contribution in [0.3, 0.4) is 0 Å². The van der Waals surface area contributed by atoms with Gasteiger partial charge in [0.25, 0.3) is 5.91 Å². The van der Waals surface area contributed by atoms with Crippen LogP contribution in [-0.2, 0) is 16.0 Å². The van der Waals surface area contributed by atoms with Gasteiger partial charge < -0.3 is 24.6 Å². The molecule has 1 aromatic heterocycles. The van der Waals surface area contributed by atoms with Crippen LogP contribution in [0.5, 0.6) is 0 Å². The number of hydrogen-bond donors (Lipinski definition) is 1. The Balaban J connectivity index is 0.00000144. The molecule has 1 atom stereocenters. The number of halogens is 2. The van der Waals surface area contributed by atoms with Crippen LogP contribution in [0.25, 0.3) is 0 Å². The highest BCUT2D eigenvalue weighted by atomic mass is 35.5. The van der Waals surface area contributed by atoms with Crippen LogP contribution in [0.4, 0.5) is 0 Å². The molecule has 0 aromatic carbocycles. The van der Waals surface area contributed by atoms with Crippen molar-refractivity contribution in [2.45, 2.75) is 12.6 Å². The molecule has 0 bridgehead atoms. The summed E-state index contributed by atoms with van der Waals surface area (Å²) in [5.41, 5.74) is 5.95. The van der Waals surface area contributed by atoms with E-state index in [1.807, 2.05) is 0 Å². The fourth-order valence-electron chi connectivity index (χ4n) is 2.68. The van der Waals surface area contributed by atoms with Gasteiger partial charge in [0.1, 0.15) is 0 Å². The minimum absolute atomic E-state index is 0. The van der Waals surface area contributed by atoms with Crippen LogP contribution in [0.1, 0.15) is 16.2 Å². The average Bonchev–Trinajstić information content (AvgIpc) is 3.03. The Labute approximate surface area is 153 Å². The zero-order chi connectivity index (χ0) is 15.4. The number of hydrogen-bond acceptors (Lipinski definition) is 7. The second-order valence-corrected chi connectivity index (χ2v) is 5.55. The Hall–Kier alpha value is -0.900. The van der Waals surface area contributed by atoms with Gasteiger partial charge in [-0.1, -0.05) is 5.16 Å². The molecule has 0 aliphatic carbocycles. The summed E-state index contributed by atoms with van der Waals surface area (Å²) in [5.74, 6) is 0.576. The van der Waals surface area contributed by atoms with Crippen molar-refractivity contribution < 1.29 is 18.8 Å². The zero-order valence-corrected chi connectivity index (χ0v) is 15.0. The molecule has 138 valence electrons. The summed E-state index contributed by atoms with van der Waals surface area (Å²) in [6.07, 6.45) is -0.0996. The number of carbonyl (C=O) groups excluding carboxylic acids is 1. The van der Waals surface area contributed by atoms with Crippen LogP contribution in [0, 0.1) is 0 Å². The van der Waals surface area contributed by atoms with Gasteiger partial charge in [0.2, 0.25) is 0 Å². The normalized spacial score (nSPS) is 21.7. The van der Waals surface area contributed by atoms with Crippen LogP contribution in [0.15, 0.2) is 10.6 Å². The fraction of sp³-hybridized carbons (Fsp3) is 0.714. The van der Waals surface area contributed by atoms with E-state index < -0.39 is 0 Å². The van der Waals surface area contributed by atoms with Gasteiger partial charge in [-0.2, -0.15) is 0 Å². The van der Waals surface area contributed by atoms with Crippen molar-refractivity contribution >= 4 is 30.7 Å². The molecule has 24 heavy (non-hydrogen) atoms. The summed E-state index contributed by atoms with van der Waals surface area (Å²) in [5, 5.41) is 3.91. The smallest absolute Gasteiger partial charge is 0.276 e. The summed E-state index contributed by atoms with van der Waals surface area (Å²) in [4.78, 5) is 16.4. The Morgan fingerprint density at radius 2 is 2.00 bits per heavy atom. The van der Waals surface area contributed by atoms with Crippen LogP contribution >= 0.6 is 24.8 Å². The summed E-state index contributed by atoms with van der Waals surface area (Å²) in [6.45, 7) is 5.82. The van der Waals surface area contributed by atoms with Gasteiger partial charge in [-0.3, -0.25) is 9.69 Å². The molecule has 1 aromatic rings. The van der Waals surface area contributed by atoms with Gasteiger partial charge in [-0.25, -0.2) is 0 Å². The van der Waals surface area contributed by atoms with E-state index in [4.69, 9.17) is 19.7 Å². The monoisotopic (exact) mass is 382 g/mol. The van der Waals surface area contributed by atoms with Gasteiger partial charge >= 0.3 is 0 Å². The predicted molar refractivity (Wildman–Crippen MR) is 91.8 cm³/mol. The molecule has 1 unspecified atom stereocenters. The first-order valence-electron chi connectivity index (χ1n) is 7.63. The lowest BCUT2D eigenvalue weighted by Crippen LogP contribution is -2.48. The second kappa shape index (κ2) is 10.2. The maximum atomic E-state index is 12.4. The predicted octanol–water partition coefficient (Wildman–Crippen LogP) is 0.150. The van der Waals surface area contributed by atoms with Crippen LogP contribution in [0.2, 0.25) is 0 Å². The fourth-order valence-corrected chi connectivity index (χ4v) is 2.68. The SMILES string of the molecule is Cl.Cl.NCC1CN(C(=O)c2cc(CN3CCOCC3)on2)CCO1. The number of morpholine rings is 2. The minimum atomic E-state index is -0.126. The van der Waals surface area contributed by atoms with E-state index in [9.17, 15) is 4.79 Å². The number of amides is 1. The summed E-state index contributed by atoms with van der Waals surface area (Å²) >= 11 is 0. The lowest BCUT2D eigenvalue weighted by atomic mass is 10.2.